The molecule has 0 spiro atoms. The summed E-state index contributed by atoms with van der Waals surface area (Å²) in [6.07, 6.45) is 10.1. The largest absolute Gasteiger partial charge is 0.387 e. The first-order valence-corrected chi connectivity index (χ1v) is 9.11. The number of aliphatic hydroxyl groups is 3. The van der Waals surface area contributed by atoms with Gasteiger partial charge in [0.15, 0.2) is 5.79 Å². The number of allylic oxidation sites excluding steroid dienone is 2. The van der Waals surface area contributed by atoms with Crippen molar-refractivity contribution in [2.45, 2.75) is 77.1 Å². The van der Waals surface area contributed by atoms with E-state index in [2.05, 4.69) is 19.9 Å². The van der Waals surface area contributed by atoms with Gasteiger partial charge < -0.3 is 15.3 Å². The summed E-state index contributed by atoms with van der Waals surface area (Å²) in [4.78, 5) is 0. The molecule has 4 rings (SSSR count). The number of aliphatic hydroxyl groups excluding tert-OH is 1. The van der Waals surface area contributed by atoms with Gasteiger partial charge in [0.25, 0.3) is 0 Å². The molecule has 3 nitrogen and oxygen atoms in total. The van der Waals surface area contributed by atoms with Gasteiger partial charge in [-0.1, -0.05) is 25.5 Å². The standard InChI is InChI=1S/C19H30O3/c1-17-10-8-14-13(16(17)19(21,22)15(20)11-17)7-6-12-5-3-4-9-18(12,14)2/h5,13-16,20-22H,3-4,6-11H2,1-2H3/t13-,14+,15?,16+,17-,18+/m1/s1. The fourth-order valence-corrected chi connectivity index (χ4v) is 6.89. The second-order valence-corrected chi connectivity index (χ2v) is 9.02. The van der Waals surface area contributed by atoms with Gasteiger partial charge in [0.1, 0.15) is 6.10 Å². The molecule has 3 fully saturated rings. The van der Waals surface area contributed by atoms with Crippen LogP contribution in [0.25, 0.3) is 0 Å². The minimum absolute atomic E-state index is 0.115. The summed E-state index contributed by atoms with van der Waals surface area (Å²) in [5.41, 5.74) is 1.77. The van der Waals surface area contributed by atoms with Crippen molar-refractivity contribution in [1.29, 1.82) is 0 Å². The number of hydrogen-bond acceptors (Lipinski definition) is 3. The Morgan fingerprint density at radius 3 is 2.68 bits per heavy atom. The topological polar surface area (TPSA) is 60.7 Å². The molecule has 4 aliphatic carbocycles. The average molecular weight is 306 g/mol. The summed E-state index contributed by atoms with van der Waals surface area (Å²) in [6, 6.07) is 0. The molecule has 0 saturated heterocycles. The quantitative estimate of drug-likeness (QED) is 0.476. The van der Waals surface area contributed by atoms with Crippen LogP contribution in [0.3, 0.4) is 0 Å². The highest BCUT2D eigenvalue weighted by molar-refractivity contribution is 5.24. The lowest BCUT2D eigenvalue weighted by Gasteiger charge is -2.58. The molecule has 0 amide bonds. The molecule has 6 atom stereocenters. The van der Waals surface area contributed by atoms with E-state index in [4.69, 9.17) is 0 Å². The van der Waals surface area contributed by atoms with Crippen LogP contribution in [0.1, 0.15) is 65.2 Å². The fraction of sp³-hybridized carbons (Fsp3) is 0.895. The second kappa shape index (κ2) is 4.58. The molecule has 0 aromatic heterocycles. The van der Waals surface area contributed by atoms with Gasteiger partial charge in [-0.05, 0) is 74.0 Å². The lowest BCUT2D eigenvalue weighted by atomic mass is 9.47. The normalized spacial score (nSPS) is 53.2. The highest BCUT2D eigenvalue weighted by atomic mass is 16.5. The van der Waals surface area contributed by atoms with E-state index in [1.54, 1.807) is 5.57 Å². The molecule has 0 aromatic carbocycles. The van der Waals surface area contributed by atoms with Crippen LogP contribution in [0.15, 0.2) is 11.6 Å². The first-order chi connectivity index (χ1) is 10.3. The van der Waals surface area contributed by atoms with Gasteiger partial charge >= 0.3 is 0 Å². The van der Waals surface area contributed by atoms with Crippen LogP contribution in [0.5, 0.6) is 0 Å². The molecule has 3 heteroatoms. The Balaban J connectivity index is 1.74. The average Bonchev–Trinajstić information content (AvgIpc) is 2.63. The smallest absolute Gasteiger partial charge is 0.193 e. The summed E-state index contributed by atoms with van der Waals surface area (Å²) < 4.78 is 0. The van der Waals surface area contributed by atoms with E-state index in [0.717, 1.165) is 19.3 Å². The number of rotatable bonds is 0. The van der Waals surface area contributed by atoms with Crippen molar-refractivity contribution in [1.82, 2.24) is 0 Å². The molecule has 0 bridgehead atoms. The van der Waals surface area contributed by atoms with E-state index < -0.39 is 11.9 Å². The lowest BCUT2D eigenvalue weighted by molar-refractivity contribution is -0.263. The van der Waals surface area contributed by atoms with Gasteiger partial charge in [-0.2, -0.15) is 0 Å². The maximum atomic E-state index is 10.6. The highest BCUT2D eigenvalue weighted by Gasteiger charge is 2.66. The molecule has 1 unspecified atom stereocenters. The molecule has 22 heavy (non-hydrogen) atoms. The molecule has 4 aliphatic rings. The zero-order valence-electron chi connectivity index (χ0n) is 13.9. The van der Waals surface area contributed by atoms with Crippen LogP contribution in [-0.2, 0) is 0 Å². The van der Waals surface area contributed by atoms with Crippen LogP contribution < -0.4 is 0 Å². The summed E-state index contributed by atoms with van der Waals surface area (Å²) >= 11 is 0. The molecule has 3 saturated carbocycles. The summed E-state index contributed by atoms with van der Waals surface area (Å²) in [6.45, 7) is 4.58. The van der Waals surface area contributed by atoms with Gasteiger partial charge in [0.05, 0.1) is 0 Å². The summed E-state index contributed by atoms with van der Waals surface area (Å²) in [5.74, 6) is -1.18. The number of hydrogen-bond donors (Lipinski definition) is 3. The van der Waals surface area contributed by atoms with Crippen molar-refractivity contribution in [2.75, 3.05) is 0 Å². The molecule has 0 radical (unpaired) electrons. The Hall–Kier alpha value is -0.380. The fourth-order valence-electron chi connectivity index (χ4n) is 6.89. The summed E-state index contributed by atoms with van der Waals surface area (Å²) in [7, 11) is 0. The van der Waals surface area contributed by atoms with Crippen LogP contribution in [0, 0.1) is 28.6 Å². The van der Waals surface area contributed by atoms with Crippen molar-refractivity contribution >= 4 is 0 Å². The molecular formula is C19H30O3. The predicted octanol–water partition coefficient (Wildman–Crippen LogP) is 2.99. The van der Waals surface area contributed by atoms with E-state index >= 15 is 0 Å². The van der Waals surface area contributed by atoms with Crippen LogP contribution >= 0.6 is 0 Å². The minimum atomic E-state index is -1.90. The Bertz CT molecular complexity index is 511. The third-order valence-corrected chi connectivity index (χ3v) is 7.92. The molecule has 0 aliphatic heterocycles. The molecule has 3 N–H and O–H groups in total. The van der Waals surface area contributed by atoms with E-state index in [9.17, 15) is 15.3 Å². The van der Waals surface area contributed by atoms with Crippen molar-refractivity contribution in [3.63, 3.8) is 0 Å². The van der Waals surface area contributed by atoms with Gasteiger partial charge in [-0.25, -0.2) is 0 Å². The van der Waals surface area contributed by atoms with Gasteiger partial charge in [-0.3, -0.25) is 0 Å². The van der Waals surface area contributed by atoms with Gasteiger partial charge in [-0.15, -0.1) is 0 Å². The van der Waals surface area contributed by atoms with E-state index in [1.165, 1.54) is 25.7 Å². The zero-order valence-corrected chi connectivity index (χ0v) is 13.9. The van der Waals surface area contributed by atoms with Gasteiger partial charge in [0.2, 0.25) is 0 Å². The molecule has 0 aromatic rings. The van der Waals surface area contributed by atoms with Crippen molar-refractivity contribution < 1.29 is 15.3 Å². The Morgan fingerprint density at radius 2 is 1.91 bits per heavy atom. The Kier molecular flexibility index (Phi) is 3.16. The first-order valence-electron chi connectivity index (χ1n) is 9.11. The number of fused-ring (bicyclic) bond motifs is 5. The molecule has 0 heterocycles. The lowest BCUT2D eigenvalue weighted by Crippen LogP contribution is -2.56. The zero-order chi connectivity index (χ0) is 15.8. The van der Waals surface area contributed by atoms with E-state index in [0.29, 0.717) is 18.3 Å². The molecular weight excluding hydrogens is 276 g/mol. The SMILES string of the molecule is C[C@]12CC[C@H]3[C@@H](CCC4=CCCC[C@@]43C)[C@@H]1C(O)(O)C(O)C2. The summed E-state index contributed by atoms with van der Waals surface area (Å²) in [5, 5.41) is 31.5. The van der Waals surface area contributed by atoms with Gasteiger partial charge in [0, 0.05) is 5.92 Å². The predicted molar refractivity (Wildman–Crippen MR) is 84.9 cm³/mol. The van der Waals surface area contributed by atoms with Crippen molar-refractivity contribution in [3.8, 4) is 0 Å². The third kappa shape index (κ3) is 1.79. The van der Waals surface area contributed by atoms with Crippen molar-refractivity contribution in [2.24, 2.45) is 28.6 Å². The van der Waals surface area contributed by atoms with Crippen molar-refractivity contribution in [3.05, 3.63) is 11.6 Å². The first kappa shape index (κ1) is 15.2. The van der Waals surface area contributed by atoms with Crippen LogP contribution in [-0.4, -0.2) is 27.2 Å². The monoisotopic (exact) mass is 306 g/mol. The van der Waals surface area contributed by atoms with Crippen LogP contribution in [0.2, 0.25) is 0 Å². The maximum Gasteiger partial charge on any atom is 0.193 e. The highest BCUT2D eigenvalue weighted by Crippen LogP contribution is 2.66. The maximum absolute atomic E-state index is 10.6. The Labute approximate surface area is 133 Å². The second-order valence-electron chi connectivity index (χ2n) is 9.02. The van der Waals surface area contributed by atoms with E-state index in [1.807, 2.05) is 0 Å². The minimum Gasteiger partial charge on any atom is -0.387 e. The Morgan fingerprint density at radius 1 is 1.14 bits per heavy atom. The van der Waals surface area contributed by atoms with E-state index in [-0.39, 0.29) is 16.7 Å². The molecule has 124 valence electrons. The van der Waals surface area contributed by atoms with Crippen LogP contribution in [0.4, 0.5) is 0 Å². The third-order valence-electron chi connectivity index (χ3n) is 7.92.